The fraction of sp³-hybridized carbons (Fsp3) is 0.706. The van der Waals surface area contributed by atoms with Gasteiger partial charge in [0.25, 0.3) is 5.56 Å². The van der Waals surface area contributed by atoms with Crippen molar-refractivity contribution in [2.24, 2.45) is 0 Å². The van der Waals surface area contributed by atoms with Crippen molar-refractivity contribution in [2.45, 2.75) is 69.0 Å². The van der Waals surface area contributed by atoms with Crippen molar-refractivity contribution in [3.8, 4) is 6.07 Å². The monoisotopic (exact) mass is 431 g/mol. The molecule has 12 heteroatoms. The molecule has 1 aromatic heterocycles. The summed E-state index contributed by atoms with van der Waals surface area (Å²) in [4.78, 5) is 25.1. The van der Waals surface area contributed by atoms with Gasteiger partial charge in [-0.2, -0.15) is 9.65 Å². The van der Waals surface area contributed by atoms with E-state index in [4.69, 9.17) is 9.16 Å². The van der Waals surface area contributed by atoms with E-state index < -0.39 is 55.5 Å². The largest absolute Gasteiger partial charge is 0.414 e. The molecule has 1 saturated heterocycles. The van der Waals surface area contributed by atoms with Gasteiger partial charge in [0.05, 0.1) is 12.8 Å². The van der Waals surface area contributed by atoms with Crippen molar-refractivity contribution >= 4 is 8.32 Å². The molecule has 0 amide bonds. The van der Waals surface area contributed by atoms with E-state index >= 15 is 0 Å². The predicted molar refractivity (Wildman–Crippen MR) is 101 cm³/mol. The van der Waals surface area contributed by atoms with E-state index in [1.807, 2.05) is 33.9 Å². The number of hydrogen-bond donors (Lipinski definition) is 4. The maximum Gasteiger partial charge on any atom is 0.330 e. The Hall–Kier alpha value is -1.88. The Balaban J connectivity index is 2.43. The van der Waals surface area contributed by atoms with Crippen LogP contribution in [0.4, 0.5) is 4.39 Å². The first kappa shape index (κ1) is 23.4. The molecule has 0 bridgehead atoms. The molecule has 0 radical (unpaired) electrons. The summed E-state index contributed by atoms with van der Waals surface area (Å²) in [5, 5.41) is 40.5. The lowest BCUT2D eigenvalue weighted by molar-refractivity contribution is -0.277. The Labute approximate surface area is 167 Å². The zero-order chi connectivity index (χ0) is 22.4. The Kier molecular flexibility index (Phi) is 6.25. The topological polar surface area (TPSA) is 158 Å². The van der Waals surface area contributed by atoms with Crippen molar-refractivity contribution in [3.05, 3.63) is 32.9 Å². The van der Waals surface area contributed by atoms with E-state index in [2.05, 4.69) is 0 Å². The lowest BCUT2D eigenvalue weighted by atomic mass is 9.86. The Morgan fingerprint density at radius 2 is 2.00 bits per heavy atom. The van der Waals surface area contributed by atoms with Crippen LogP contribution in [0.1, 0.15) is 27.0 Å². The minimum Gasteiger partial charge on any atom is -0.414 e. The van der Waals surface area contributed by atoms with Crippen molar-refractivity contribution < 1.29 is 28.9 Å². The fourth-order valence-electron chi connectivity index (χ4n) is 2.64. The number of aromatic amines is 1. The lowest BCUT2D eigenvalue weighted by Crippen LogP contribution is -2.65. The highest BCUT2D eigenvalue weighted by Gasteiger charge is 2.57. The number of nitriles is 1. The third-order valence-electron chi connectivity index (χ3n) is 5.61. The molecular weight excluding hydrogens is 405 g/mol. The predicted octanol–water partition coefficient (Wildman–Crippen LogP) is -0.429. The van der Waals surface area contributed by atoms with Gasteiger partial charge in [-0.3, -0.25) is 14.3 Å². The van der Waals surface area contributed by atoms with Crippen LogP contribution in [0, 0.1) is 17.1 Å². The molecule has 0 aliphatic carbocycles. The van der Waals surface area contributed by atoms with E-state index in [0.717, 1.165) is 0 Å². The normalized spacial score (nSPS) is 30.8. The quantitative estimate of drug-likeness (QED) is 0.369. The number of ether oxygens (including phenoxy) is 1. The Morgan fingerprint density at radius 3 is 2.52 bits per heavy atom. The molecule has 0 unspecified atom stereocenters. The minimum absolute atomic E-state index is 0.170. The van der Waals surface area contributed by atoms with Gasteiger partial charge >= 0.3 is 5.69 Å². The van der Waals surface area contributed by atoms with Crippen LogP contribution in [0.15, 0.2) is 15.8 Å². The number of aliphatic hydroxyl groups is 3. The molecule has 1 aliphatic heterocycles. The van der Waals surface area contributed by atoms with Crippen LogP contribution in [-0.2, 0) is 9.16 Å². The maximum atomic E-state index is 13.7. The number of hydrogen-bond acceptors (Lipinski definition) is 8. The summed E-state index contributed by atoms with van der Waals surface area (Å²) in [5.41, 5.74) is -5.25. The number of rotatable bonds is 4. The van der Waals surface area contributed by atoms with Gasteiger partial charge in [0.15, 0.2) is 14.5 Å². The van der Waals surface area contributed by atoms with Gasteiger partial charge in [-0.05, 0) is 18.1 Å². The van der Waals surface area contributed by atoms with E-state index in [1.165, 1.54) is 6.07 Å². The summed E-state index contributed by atoms with van der Waals surface area (Å²) in [6.07, 6.45) is -6.45. The number of aliphatic hydroxyl groups excluding tert-OH is 2. The summed E-state index contributed by atoms with van der Waals surface area (Å²) < 4.78 is 25.7. The first-order valence-electron chi connectivity index (χ1n) is 8.96. The number of aromatic nitrogens is 2. The van der Waals surface area contributed by atoms with Crippen molar-refractivity contribution in [2.75, 3.05) is 6.61 Å². The summed E-state index contributed by atoms with van der Waals surface area (Å²) in [6.45, 7) is 9.67. The third kappa shape index (κ3) is 4.20. The van der Waals surface area contributed by atoms with E-state index in [0.29, 0.717) is 10.8 Å². The van der Waals surface area contributed by atoms with Crippen molar-refractivity contribution in [3.63, 3.8) is 0 Å². The van der Waals surface area contributed by atoms with Crippen LogP contribution in [0.25, 0.3) is 0 Å². The second-order valence-electron chi connectivity index (χ2n) is 8.61. The molecule has 4 N–H and O–H groups in total. The van der Waals surface area contributed by atoms with E-state index in [9.17, 15) is 34.6 Å². The van der Waals surface area contributed by atoms with Crippen LogP contribution >= 0.6 is 0 Å². The van der Waals surface area contributed by atoms with E-state index in [-0.39, 0.29) is 11.6 Å². The van der Waals surface area contributed by atoms with Crippen molar-refractivity contribution in [1.29, 1.82) is 5.26 Å². The van der Waals surface area contributed by atoms with Crippen LogP contribution < -0.4 is 11.2 Å². The summed E-state index contributed by atoms with van der Waals surface area (Å²) in [7, 11) is -2.29. The van der Waals surface area contributed by atoms with Gasteiger partial charge in [-0.25, -0.2) is 4.79 Å². The maximum absolute atomic E-state index is 13.7. The molecule has 10 nitrogen and oxygen atoms in total. The molecule has 5 atom stereocenters. The van der Waals surface area contributed by atoms with Crippen LogP contribution in [0.2, 0.25) is 18.1 Å². The Bertz CT molecular complexity index is 919. The third-order valence-corrected chi connectivity index (χ3v) is 10.1. The average molecular weight is 431 g/mol. The van der Waals surface area contributed by atoms with Gasteiger partial charge in [0.1, 0.15) is 24.4 Å². The van der Waals surface area contributed by atoms with Gasteiger partial charge in [0.2, 0.25) is 11.4 Å². The molecule has 0 spiro atoms. The van der Waals surface area contributed by atoms with Crippen LogP contribution in [0.3, 0.4) is 0 Å². The molecule has 2 rings (SSSR count). The SMILES string of the molecule is CC(C)(C)[Si](C)(C)OC[C@H]1O[C@@H](n2cc(F)c(=O)[nH]c2=O)[C@](O)(C#N)[C@@H](O)[C@H]1O. The molecule has 0 aromatic carbocycles. The highest BCUT2D eigenvalue weighted by atomic mass is 28.4. The second kappa shape index (κ2) is 7.75. The van der Waals surface area contributed by atoms with Gasteiger partial charge in [0, 0.05) is 0 Å². The zero-order valence-electron chi connectivity index (χ0n) is 16.8. The first-order valence-corrected chi connectivity index (χ1v) is 11.9. The summed E-state index contributed by atoms with van der Waals surface area (Å²) in [5.74, 6) is -1.36. The van der Waals surface area contributed by atoms with Gasteiger partial charge in [-0.15, -0.1) is 0 Å². The Morgan fingerprint density at radius 1 is 1.41 bits per heavy atom. The fourth-order valence-corrected chi connectivity index (χ4v) is 3.65. The molecule has 0 saturated carbocycles. The molecule has 162 valence electrons. The second-order valence-corrected chi connectivity index (χ2v) is 13.4. The number of halogens is 1. The lowest BCUT2D eigenvalue weighted by Gasteiger charge is -2.46. The van der Waals surface area contributed by atoms with E-state index in [1.54, 1.807) is 4.98 Å². The van der Waals surface area contributed by atoms with Gasteiger partial charge in [-0.1, -0.05) is 20.8 Å². The first-order chi connectivity index (χ1) is 13.2. The number of nitrogens with one attached hydrogen (secondary N) is 1. The number of H-pyrrole nitrogens is 1. The summed E-state index contributed by atoms with van der Waals surface area (Å²) in [6, 6.07) is 1.40. The summed E-state index contributed by atoms with van der Waals surface area (Å²) >= 11 is 0. The molecule has 1 aliphatic rings. The van der Waals surface area contributed by atoms with Crippen LogP contribution in [0.5, 0.6) is 0 Å². The molecule has 29 heavy (non-hydrogen) atoms. The standard InChI is InChI=1S/C17H26FN3O7Si/c1-16(2,3)29(4,5)27-7-10-11(22)12(23)17(26,8-19)14(28-10)21-6-9(18)13(24)20-15(21)25/h6,10-12,14,22-23,26H,7H2,1-5H3,(H,20,24,25)/t10-,11+,12+,14-,17+/m1/s1. The molecule has 1 fully saturated rings. The molecular formula is C17H26FN3O7Si. The smallest absolute Gasteiger partial charge is 0.330 e. The molecule has 1 aromatic rings. The zero-order valence-corrected chi connectivity index (χ0v) is 17.8. The van der Waals surface area contributed by atoms with Gasteiger partial charge < -0.3 is 24.5 Å². The van der Waals surface area contributed by atoms with Crippen molar-refractivity contribution in [1.82, 2.24) is 9.55 Å². The minimum atomic E-state index is -2.79. The highest BCUT2D eigenvalue weighted by molar-refractivity contribution is 6.74. The highest BCUT2D eigenvalue weighted by Crippen LogP contribution is 2.39. The average Bonchev–Trinajstić information content (AvgIpc) is 2.61. The van der Waals surface area contributed by atoms with Crippen LogP contribution in [-0.4, -0.2) is 63.7 Å². The molecule has 2 heterocycles. The number of nitrogens with zero attached hydrogens (tertiary/aromatic N) is 2.